The molecule has 0 atom stereocenters. The van der Waals surface area contributed by atoms with Crippen LogP contribution in [0.5, 0.6) is 5.75 Å². The molecular weight excluding hydrogens is 202 g/mol. The summed E-state index contributed by atoms with van der Waals surface area (Å²) in [6.45, 7) is 3.22. The molecule has 1 rings (SSSR count). The third-order valence-corrected chi connectivity index (χ3v) is 2.30. The third kappa shape index (κ3) is 3.06. The Morgan fingerprint density at radius 2 is 2.25 bits per heavy atom. The molecule has 0 heterocycles. The zero-order valence-corrected chi connectivity index (χ0v) is 9.73. The summed E-state index contributed by atoms with van der Waals surface area (Å²) in [6.07, 6.45) is 0.505. The molecule has 86 valence electrons. The molecule has 1 aromatic rings. The Labute approximate surface area is 96.2 Å². The minimum atomic E-state index is 0.505. The summed E-state index contributed by atoms with van der Waals surface area (Å²) in [5, 5.41) is 8.52. The van der Waals surface area contributed by atoms with Gasteiger partial charge in [0.1, 0.15) is 5.75 Å². The van der Waals surface area contributed by atoms with E-state index in [1.165, 1.54) is 0 Å². The molecule has 0 fully saturated rings. The van der Waals surface area contributed by atoms with Crippen molar-refractivity contribution < 1.29 is 4.74 Å². The molecule has 1 aromatic carbocycles. The van der Waals surface area contributed by atoms with Gasteiger partial charge in [-0.15, -0.1) is 0 Å². The van der Waals surface area contributed by atoms with E-state index in [0.717, 1.165) is 5.69 Å². The topological polar surface area (TPSA) is 62.3 Å². The molecule has 4 nitrogen and oxygen atoms in total. The van der Waals surface area contributed by atoms with Crippen LogP contribution in [0.4, 0.5) is 11.4 Å². The maximum absolute atomic E-state index is 8.52. The molecule has 0 unspecified atom stereocenters. The summed E-state index contributed by atoms with van der Waals surface area (Å²) in [4.78, 5) is 2.01. The van der Waals surface area contributed by atoms with E-state index in [4.69, 9.17) is 15.7 Å². The van der Waals surface area contributed by atoms with E-state index in [0.29, 0.717) is 31.0 Å². The number of anilines is 2. The fraction of sp³-hybridized carbons (Fsp3) is 0.417. The van der Waals surface area contributed by atoms with Crippen molar-refractivity contribution in [1.29, 1.82) is 5.26 Å². The van der Waals surface area contributed by atoms with E-state index in [9.17, 15) is 0 Å². The Morgan fingerprint density at radius 3 is 2.88 bits per heavy atom. The first-order valence-electron chi connectivity index (χ1n) is 5.29. The maximum atomic E-state index is 8.52. The molecule has 0 aliphatic heterocycles. The minimum absolute atomic E-state index is 0.505. The summed E-state index contributed by atoms with van der Waals surface area (Å²) < 4.78 is 5.42. The number of benzene rings is 1. The van der Waals surface area contributed by atoms with Gasteiger partial charge in [0, 0.05) is 25.3 Å². The number of nitrogens with two attached hydrogens (primary N) is 1. The average Bonchev–Trinajstić information content (AvgIpc) is 2.29. The Balaban J connectivity index is 2.81. The van der Waals surface area contributed by atoms with Gasteiger partial charge in [-0.2, -0.15) is 5.26 Å². The lowest BCUT2D eigenvalue weighted by molar-refractivity contribution is 0.342. The number of hydrogen-bond donors (Lipinski definition) is 1. The minimum Gasteiger partial charge on any atom is -0.492 e. The number of nitrogen functional groups attached to an aromatic ring is 1. The second-order valence-electron chi connectivity index (χ2n) is 3.48. The average molecular weight is 219 g/mol. The fourth-order valence-corrected chi connectivity index (χ4v) is 1.39. The first kappa shape index (κ1) is 12.2. The van der Waals surface area contributed by atoms with Crippen molar-refractivity contribution in [2.45, 2.75) is 13.3 Å². The smallest absolute Gasteiger partial charge is 0.144 e. The third-order valence-electron chi connectivity index (χ3n) is 2.30. The molecule has 0 radical (unpaired) electrons. The van der Waals surface area contributed by atoms with Crippen LogP contribution in [0.15, 0.2) is 18.2 Å². The largest absolute Gasteiger partial charge is 0.492 e. The van der Waals surface area contributed by atoms with Crippen LogP contribution in [-0.4, -0.2) is 20.2 Å². The highest BCUT2D eigenvalue weighted by atomic mass is 16.5. The molecule has 4 heteroatoms. The second kappa shape index (κ2) is 5.86. The van der Waals surface area contributed by atoms with Gasteiger partial charge in [0.25, 0.3) is 0 Å². The summed E-state index contributed by atoms with van der Waals surface area (Å²) >= 11 is 0. The lowest BCUT2D eigenvalue weighted by Gasteiger charge is -2.19. The highest BCUT2D eigenvalue weighted by Crippen LogP contribution is 2.27. The van der Waals surface area contributed by atoms with Gasteiger partial charge < -0.3 is 15.4 Å². The van der Waals surface area contributed by atoms with E-state index in [-0.39, 0.29) is 0 Å². The van der Waals surface area contributed by atoms with Crippen molar-refractivity contribution in [3.8, 4) is 11.8 Å². The number of ether oxygens (including phenoxy) is 1. The van der Waals surface area contributed by atoms with Crippen LogP contribution in [0.25, 0.3) is 0 Å². The molecule has 0 aliphatic carbocycles. The van der Waals surface area contributed by atoms with E-state index in [1.807, 2.05) is 37.1 Å². The standard InChI is InChI=1S/C12H17N3O/c1-3-16-12-9-10(5-6-11(12)14)15(2)8-4-7-13/h5-6,9H,3-4,8,14H2,1-2H3. The lowest BCUT2D eigenvalue weighted by Crippen LogP contribution is -2.18. The molecule has 16 heavy (non-hydrogen) atoms. The number of hydrogen-bond acceptors (Lipinski definition) is 4. The lowest BCUT2D eigenvalue weighted by atomic mass is 10.2. The van der Waals surface area contributed by atoms with Crippen LogP contribution < -0.4 is 15.4 Å². The van der Waals surface area contributed by atoms with E-state index < -0.39 is 0 Å². The Kier molecular flexibility index (Phi) is 4.46. The summed E-state index contributed by atoms with van der Waals surface area (Å²) in [5.41, 5.74) is 7.43. The van der Waals surface area contributed by atoms with E-state index in [2.05, 4.69) is 6.07 Å². The normalized spacial score (nSPS) is 9.56. The zero-order valence-electron chi connectivity index (χ0n) is 9.73. The van der Waals surface area contributed by atoms with Crippen LogP contribution in [0.2, 0.25) is 0 Å². The van der Waals surface area contributed by atoms with E-state index >= 15 is 0 Å². The number of nitriles is 1. The fourth-order valence-electron chi connectivity index (χ4n) is 1.39. The predicted octanol–water partition coefficient (Wildman–Crippen LogP) is 2.02. The number of rotatable bonds is 5. The quantitative estimate of drug-likeness (QED) is 0.769. The molecule has 2 N–H and O–H groups in total. The second-order valence-corrected chi connectivity index (χ2v) is 3.48. The zero-order chi connectivity index (χ0) is 12.0. The van der Waals surface area contributed by atoms with Crippen molar-refractivity contribution in [3.05, 3.63) is 18.2 Å². The molecule has 0 bridgehead atoms. The summed E-state index contributed by atoms with van der Waals surface area (Å²) in [7, 11) is 1.94. The molecule has 0 saturated heterocycles. The molecule has 0 amide bonds. The van der Waals surface area contributed by atoms with Crippen molar-refractivity contribution in [1.82, 2.24) is 0 Å². The van der Waals surface area contributed by atoms with Gasteiger partial charge in [0.05, 0.1) is 24.8 Å². The van der Waals surface area contributed by atoms with Gasteiger partial charge in [0.2, 0.25) is 0 Å². The molecule has 0 aliphatic rings. The van der Waals surface area contributed by atoms with Crippen LogP contribution in [0, 0.1) is 11.3 Å². The van der Waals surface area contributed by atoms with Gasteiger partial charge in [-0.1, -0.05) is 0 Å². The van der Waals surface area contributed by atoms with Gasteiger partial charge in [-0.3, -0.25) is 0 Å². The highest BCUT2D eigenvalue weighted by molar-refractivity contribution is 5.62. The molecule has 0 saturated carbocycles. The highest BCUT2D eigenvalue weighted by Gasteiger charge is 2.05. The monoisotopic (exact) mass is 219 g/mol. The Morgan fingerprint density at radius 1 is 1.50 bits per heavy atom. The van der Waals surface area contributed by atoms with Crippen LogP contribution in [0.1, 0.15) is 13.3 Å². The molecule has 0 spiro atoms. The first-order valence-corrected chi connectivity index (χ1v) is 5.29. The van der Waals surface area contributed by atoms with Crippen molar-refractivity contribution in [2.24, 2.45) is 0 Å². The van der Waals surface area contributed by atoms with Crippen molar-refractivity contribution in [2.75, 3.05) is 30.8 Å². The van der Waals surface area contributed by atoms with Gasteiger partial charge in [0.15, 0.2) is 0 Å². The Hall–Kier alpha value is -1.89. The van der Waals surface area contributed by atoms with Crippen molar-refractivity contribution in [3.63, 3.8) is 0 Å². The predicted molar refractivity (Wildman–Crippen MR) is 65.5 cm³/mol. The summed E-state index contributed by atoms with van der Waals surface area (Å²) in [6, 6.07) is 7.77. The maximum Gasteiger partial charge on any atom is 0.144 e. The van der Waals surface area contributed by atoms with E-state index in [1.54, 1.807) is 0 Å². The van der Waals surface area contributed by atoms with Gasteiger partial charge in [-0.05, 0) is 19.1 Å². The van der Waals surface area contributed by atoms with Crippen LogP contribution >= 0.6 is 0 Å². The van der Waals surface area contributed by atoms with Crippen molar-refractivity contribution >= 4 is 11.4 Å². The first-order chi connectivity index (χ1) is 7.69. The van der Waals surface area contributed by atoms with Gasteiger partial charge in [-0.25, -0.2) is 0 Å². The van der Waals surface area contributed by atoms with Crippen LogP contribution in [0.3, 0.4) is 0 Å². The number of nitrogens with zero attached hydrogens (tertiary/aromatic N) is 2. The van der Waals surface area contributed by atoms with Crippen LogP contribution in [-0.2, 0) is 0 Å². The Bertz CT molecular complexity index is 384. The summed E-state index contributed by atoms with van der Waals surface area (Å²) in [5.74, 6) is 0.698. The molecular formula is C12H17N3O. The SMILES string of the molecule is CCOc1cc(N(C)CCC#N)ccc1N. The van der Waals surface area contributed by atoms with Gasteiger partial charge >= 0.3 is 0 Å². The molecule has 0 aromatic heterocycles.